The average molecular weight is 523 g/mol. The van der Waals surface area contributed by atoms with Gasteiger partial charge in [0.05, 0.1) is 17.4 Å². The summed E-state index contributed by atoms with van der Waals surface area (Å²) >= 11 is 1.05. The van der Waals surface area contributed by atoms with Crippen LogP contribution in [-0.4, -0.2) is 31.3 Å². The van der Waals surface area contributed by atoms with Crippen LogP contribution in [0.4, 0.5) is 18.9 Å². The second-order valence-electron chi connectivity index (χ2n) is 9.19. The lowest BCUT2D eigenvalue weighted by Gasteiger charge is -2.13. The molecular weight excluding hydrogens is 501 g/mol. The van der Waals surface area contributed by atoms with Gasteiger partial charge in [0.1, 0.15) is 22.1 Å². The van der Waals surface area contributed by atoms with E-state index in [4.69, 9.17) is 0 Å². The maximum atomic E-state index is 13.1. The Balaban J connectivity index is 1.28. The van der Waals surface area contributed by atoms with E-state index in [1.165, 1.54) is 30.2 Å². The average Bonchev–Trinajstić information content (AvgIpc) is 3.26. The molecule has 1 aliphatic carbocycles. The summed E-state index contributed by atoms with van der Waals surface area (Å²) in [6.07, 6.45) is 2.01. The van der Waals surface area contributed by atoms with Crippen LogP contribution >= 0.6 is 11.3 Å². The van der Waals surface area contributed by atoms with E-state index >= 15 is 0 Å². The highest BCUT2D eigenvalue weighted by Crippen LogP contribution is 2.36. The molecule has 2 aromatic carbocycles. The fourth-order valence-corrected chi connectivity index (χ4v) is 5.02. The zero-order valence-corrected chi connectivity index (χ0v) is 20.2. The number of nitrogens with zero attached hydrogens (tertiary/aromatic N) is 3. The lowest BCUT2D eigenvalue weighted by atomic mass is 9.97. The number of carbonyl (C=O) groups is 1. The van der Waals surface area contributed by atoms with Gasteiger partial charge in [-0.3, -0.25) is 15.0 Å². The number of nitrogens with one attached hydrogen (secondary N) is 3. The molecular formula is C26H21F3N6OS. The van der Waals surface area contributed by atoms with Crippen molar-refractivity contribution in [1.82, 2.24) is 25.4 Å². The van der Waals surface area contributed by atoms with E-state index in [1.807, 2.05) is 29.4 Å². The van der Waals surface area contributed by atoms with Crippen molar-refractivity contribution < 1.29 is 18.0 Å². The highest BCUT2D eigenvalue weighted by molar-refractivity contribution is 7.13. The zero-order valence-electron chi connectivity index (χ0n) is 19.4. The predicted molar refractivity (Wildman–Crippen MR) is 135 cm³/mol. The molecule has 3 aromatic heterocycles. The molecule has 0 radical (unpaired) electrons. The molecule has 1 amide bonds. The lowest BCUT2D eigenvalue weighted by molar-refractivity contribution is -0.141. The van der Waals surface area contributed by atoms with Gasteiger partial charge in [-0.1, -0.05) is 37.1 Å². The van der Waals surface area contributed by atoms with E-state index in [1.54, 1.807) is 6.20 Å². The van der Waals surface area contributed by atoms with E-state index < -0.39 is 17.8 Å². The standard InChI is InChI=1S/C26H21F3N6OS/c27-26(28,29)23-11-21(34-35-23)25-32-22(13-37-25)24(36)31-20-10-19-17(12-30-33-19)9-18(20)16-3-1-2-15(8-16)7-6-14-4-5-14/h1-3,8-14H,4-7H2,(H,30,33)(H,31,36)(H,34,35). The number of carbonyl (C=O) groups excluding carboxylic acids is 1. The fraction of sp³-hybridized carbons (Fsp3) is 0.231. The van der Waals surface area contributed by atoms with Crippen molar-refractivity contribution in [3.05, 3.63) is 71.0 Å². The summed E-state index contributed by atoms with van der Waals surface area (Å²) in [5.74, 6) is 0.365. The van der Waals surface area contributed by atoms with Gasteiger partial charge in [-0.15, -0.1) is 11.3 Å². The molecule has 1 fully saturated rings. The van der Waals surface area contributed by atoms with E-state index in [0.717, 1.165) is 51.8 Å². The first-order valence-corrected chi connectivity index (χ1v) is 12.7. The number of aromatic nitrogens is 5. The van der Waals surface area contributed by atoms with Crippen LogP contribution in [0, 0.1) is 5.92 Å². The molecule has 11 heteroatoms. The van der Waals surface area contributed by atoms with Crippen molar-refractivity contribution in [2.45, 2.75) is 31.9 Å². The number of alkyl halides is 3. The quantitative estimate of drug-likeness (QED) is 0.222. The van der Waals surface area contributed by atoms with Crippen LogP contribution in [0.15, 0.2) is 54.0 Å². The summed E-state index contributed by atoms with van der Waals surface area (Å²) in [4.78, 5) is 17.4. The van der Waals surface area contributed by atoms with Gasteiger partial charge in [0.25, 0.3) is 5.91 Å². The van der Waals surface area contributed by atoms with Crippen LogP contribution in [-0.2, 0) is 12.6 Å². The van der Waals surface area contributed by atoms with E-state index in [0.29, 0.717) is 5.69 Å². The van der Waals surface area contributed by atoms with Crippen molar-refractivity contribution in [2.75, 3.05) is 5.32 Å². The van der Waals surface area contributed by atoms with Crippen molar-refractivity contribution in [2.24, 2.45) is 5.92 Å². The minimum atomic E-state index is -4.54. The van der Waals surface area contributed by atoms with Gasteiger partial charge in [0.2, 0.25) is 0 Å². The Hall–Kier alpha value is -3.99. The van der Waals surface area contributed by atoms with Crippen LogP contribution in [0.2, 0.25) is 0 Å². The molecule has 6 rings (SSSR count). The molecule has 37 heavy (non-hydrogen) atoms. The summed E-state index contributed by atoms with van der Waals surface area (Å²) in [6.45, 7) is 0. The number of rotatable bonds is 7. The number of fused-ring (bicyclic) bond motifs is 1. The SMILES string of the molecule is O=C(Nc1cc2[nH]ncc2cc1-c1cccc(CCC2CC2)c1)c1csc(-c2cc(C(F)(F)F)[nH]n2)n1. The van der Waals surface area contributed by atoms with Crippen molar-refractivity contribution in [3.63, 3.8) is 0 Å². The van der Waals surface area contributed by atoms with Gasteiger partial charge in [-0.2, -0.15) is 23.4 Å². The van der Waals surface area contributed by atoms with Crippen LogP contribution in [0.25, 0.3) is 32.7 Å². The van der Waals surface area contributed by atoms with Gasteiger partial charge in [0, 0.05) is 16.3 Å². The van der Waals surface area contributed by atoms with Crippen LogP contribution in [0.1, 0.15) is 41.0 Å². The Morgan fingerprint density at radius 1 is 1.14 bits per heavy atom. The number of benzene rings is 2. The largest absolute Gasteiger partial charge is 0.432 e. The third-order valence-corrected chi connectivity index (χ3v) is 7.31. The molecule has 0 atom stereocenters. The molecule has 1 aliphatic rings. The number of thiazole rings is 1. The Labute approximate surface area is 213 Å². The molecule has 0 saturated heterocycles. The van der Waals surface area contributed by atoms with Crippen molar-refractivity contribution >= 4 is 33.8 Å². The normalized spacial score (nSPS) is 13.8. The Morgan fingerprint density at radius 3 is 2.78 bits per heavy atom. The Kier molecular flexibility index (Phi) is 5.79. The molecule has 3 heterocycles. The molecule has 0 unspecified atom stereocenters. The smallest absolute Gasteiger partial charge is 0.320 e. The van der Waals surface area contributed by atoms with E-state index in [9.17, 15) is 18.0 Å². The third kappa shape index (κ3) is 4.99. The molecule has 5 aromatic rings. The number of aromatic amines is 2. The van der Waals surface area contributed by atoms with Gasteiger partial charge < -0.3 is 5.32 Å². The number of hydrogen-bond acceptors (Lipinski definition) is 5. The number of halogens is 3. The molecule has 0 bridgehead atoms. The summed E-state index contributed by atoms with van der Waals surface area (Å²) < 4.78 is 38.7. The first kappa shape index (κ1) is 23.4. The van der Waals surface area contributed by atoms with Crippen molar-refractivity contribution in [1.29, 1.82) is 0 Å². The minimum Gasteiger partial charge on any atom is -0.320 e. The highest BCUT2D eigenvalue weighted by atomic mass is 32.1. The molecule has 188 valence electrons. The maximum Gasteiger partial charge on any atom is 0.432 e. The first-order chi connectivity index (χ1) is 17.8. The second-order valence-corrected chi connectivity index (χ2v) is 10.1. The molecule has 0 aliphatic heterocycles. The maximum absolute atomic E-state index is 13.1. The molecule has 1 saturated carbocycles. The minimum absolute atomic E-state index is 0.0268. The molecule has 7 nitrogen and oxygen atoms in total. The van der Waals surface area contributed by atoms with Gasteiger partial charge >= 0.3 is 6.18 Å². The van der Waals surface area contributed by atoms with Crippen LogP contribution in [0.5, 0.6) is 0 Å². The summed E-state index contributed by atoms with van der Waals surface area (Å²) in [5.41, 5.74) is 3.55. The zero-order chi connectivity index (χ0) is 25.6. The van der Waals surface area contributed by atoms with E-state index in [2.05, 4.69) is 37.7 Å². The summed E-state index contributed by atoms with van der Waals surface area (Å²) in [6, 6.07) is 13.0. The number of hydrogen-bond donors (Lipinski definition) is 3. The summed E-state index contributed by atoms with van der Waals surface area (Å²) in [7, 11) is 0. The summed E-state index contributed by atoms with van der Waals surface area (Å²) in [5, 5.41) is 18.2. The fourth-order valence-electron chi connectivity index (χ4n) is 4.26. The number of anilines is 1. The van der Waals surface area contributed by atoms with Crippen molar-refractivity contribution in [3.8, 4) is 21.8 Å². The monoisotopic (exact) mass is 522 g/mol. The second kappa shape index (κ2) is 9.15. The van der Waals surface area contributed by atoms with Gasteiger partial charge in [-0.25, -0.2) is 4.98 Å². The predicted octanol–water partition coefficient (Wildman–Crippen LogP) is 6.69. The molecule has 3 N–H and O–H groups in total. The van der Waals surface area contributed by atoms with E-state index in [-0.39, 0.29) is 16.4 Å². The topological polar surface area (TPSA) is 99.3 Å². The van der Waals surface area contributed by atoms with Crippen LogP contribution < -0.4 is 5.32 Å². The number of aryl methyl sites for hydroxylation is 1. The number of amides is 1. The first-order valence-electron chi connectivity index (χ1n) is 11.8. The highest BCUT2D eigenvalue weighted by Gasteiger charge is 2.33. The van der Waals surface area contributed by atoms with Gasteiger partial charge in [-0.05, 0) is 48.1 Å². The molecule has 0 spiro atoms. The Bertz CT molecular complexity index is 1600. The third-order valence-electron chi connectivity index (χ3n) is 6.44. The Morgan fingerprint density at radius 2 is 2.00 bits per heavy atom. The van der Waals surface area contributed by atoms with Gasteiger partial charge in [0.15, 0.2) is 0 Å². The lowest BCUT2D eigenvalue weighted by Crippen LogP contribution is -2.13. The number of H-pyrrole nitrogens is 2. The van der Waals surface area contributed by atoms with Crippen LogP contribution in [0.3, 0.4) is 0 Å².